The minimum absolute atomic E-state index is 0.277. The van der Waals surface area contributed by atoms with Gasteiger partial charge in [0.05, 0.1) is 17.1 Å². The van der Waals surface area contributed by atoms with Crippen molar-refractivity contribution in [3.05, 3.63) is 89.6 Å². The molecule has 6 nitrogen and oxygen atoms in total. The van der Waals surface area contributed by atoms with Gasteiger partial charge in [0.2, 0.25) is 0 Å². The summed E-state index contributed by atoms with van der Waals surface area (Å²) in [6, 6.07) is 23.9. The zero-order valence-corrected chi connectivity index (χ0v) is 16.9. The maximum absolute atomic E-state index is 12.8. The van der Waals surface area contributed by atoms with Crippen LogP contribution in [-0.2, 0) is 0 Å². The topological polar surface area (TPSA) is 72.7 Å². The highest BCUT2D eigenvalue weighted by molar-refractivity contribution is 7.14. The van der Waals surface area contributed by atoms with Crippen LogP contribution in [0, 0.1) is 6.92 Å². The average Bonchev–Trinajstić information content (AvgIpc) is 3.40. The van der Waals surface area contributed by atoms with Crippen molar-refractivity contribution in [2.75, 3.05) is 5.32 Å². The summed E-state index contributed by atoms with van der Waals surface area (Å²) >= 11 is 1.38. The van der Waals surface area contributed by atoms with Crippen molar-refractivity contribution < 1.29 is 4.79 Å². The number of fused-ring (bicyclic) bond motifs is 1. The number of nitrogens with one attached hydrogen (secondary N) is 1. The molecule has 0 fully saturated rings. The predicted molar refractivity (Wildman–Crippen MR) is 119 cm³/mol. The lowest BCUT2D eigenvalue weighted by molar-refractivity contribution is 0.102. The molecule has 0 saturated carbocycles. The Kier molecular flexibility index (Phi) is 4.57. The number of benzene rings is 3. The summed E-state index contributed by atoms with van der Waals surface area (Å²) in [5.41, 5.74) is 3.67. The van der Waals surface area contributed by atoms with E-state index in [1.165, 1.54) is 11.3 Å². The van der Waals surface area contributed by atoms with Crippen LogP contribution in [0.1, 0.15) is 16.2 Å². The summed E-state index contributed by atoms with van der Waals surface area (Å²) in [5, 5.41) is 15.8. The number of hydrogen-bond donors (Lipinski definition) is 1. The van der Waals surface area contributed by atoms with E-state index in [1.807, 2.05) is 85.1 Å². The van der Waals surface area contributed by atoms with Gasteiger partial charge in [0.1, 0.15) is 0 Å². The van der Waals surface area contributed by atoms with E-state index in [0.717, 1.165) is 27.7 Å². The van der Waals surface area contributed by atoms with E-state index in [1.54, 1.807) is 4.68 Å². The lowest BCUT2D eigenvalue weighted by atomic mass is 10.1. The number of anilines is 1. The Labute approximate surface area is 176 Å². The number of hydrogen-bond acceptors (Lipinski definition) is 5. The third-order valence-corrected chi connectivity index (χ3v) is 5.66. The van der Waals surface area contributed by atoms with Crippen molar-refractivity contribution in [3.63, 3.8) is 0 Å². The molecular weight excluding hydrogens is 394 g/mol. The molecule has 5 aromatic rings. The molecule has 1 N–H and O–H groups in total. The van der Waals surface area contributed by atoms with E-state index in [9.17, 15) is 4.79 Å². The molecule has 0 aliphatic rings. The first-order valence-corrected chi connectivity index (χ1v) is 10.3. The van der Waals surface area contributed by atoms with E-state index < -0.39 is 0 Å². The normalized spacial score (nSPS) is 11.0. The maximum atomic E-state index is 12.8. The fourth-order valence-electron chi connectivity index (χ4n) is 3.39. The van der Waals surface area contributed by atoms with E-state index in [4.69, 9.17) is 0 Å². The molecule has 30 heavy (non-hydrogen) atoms. The predicted octanol–water partition coefficient (Wildman–Crippen LogP) is 5.10. The van der Waals surface area contributed by atoms with Gasteiger partial charge in [0, 0.05) is 16.3 Å². The second-order valence-electron chi connectivity index (χ2n) is 6.79. The van der Waals surface area contributed by atoms with Crippen LogP contribution >= 0.6 is 11.3 Å². The summed E-state index contributed by atoms with van der Waals surface area (Å²) in [6.45, 7) is 1.84. The SMILES string of the molecule is Cc1c(C(=O)Nc2nc(-c3ccccc3)cs2)nnn1-c1cccc2ccccc12. The fourth-order valence-corrected chi connectivity index (χ4v) is 4.10. The molecule has 0 spiro atoms. The largest absolute Gasteiger partial charge is 0.296 e. The lowest BCUT2D eigenvalue weighted by Gasteiger charge is -2.08. The van der Waals surface area contributed by atoms with Crippen LogP contribution in [0.15, 0.2) is 78.2 Å². The van der Waals surface area contributed by atoms with Gasteiger partial charge in [0.15, 0.2) is 10.8 Å². The molecule has 0 radical (unpaired) electrons. The first-order valence-electron chi connectivity index (χ1n) is 9.43. The first-order chi connectivity index (χ1) is 14.7. The van der Waals surface area contributed by atoms with Crippen molar-refractivity contribution in [1.82, 2.24) is 20.0 Å². The Balaban J connectivity index is 1.43. The number of rotatable bonds is 4. The molecule has 146 valence electrons. The fraction of sp³-hybridized carbons (Fsp3) is 0.0435. The monoisotopic (exact) mass is 411 g/mol. The molecule has 0 unspecified atom stereocenters. The maximum Gasteiger partial charge on any atom is 0.279 e. The highest BCUT2D eigenvalue weighted by Crippen LogP contribution is 2.26. The quantitative estimate of drug-likeness (QED) is 0.446. The second-order valence-corrected chi connectivity index (χ2v) is 7.65. The minimum Gasteiger partial charge on any atom is -0.296 e. The number of aromatic nitrogens is 4. The highest BCUT2D eigenvalue weighted by atomic mass is 32.1. The Morgan fingerprint density at radius 3 is 2.60 bits per heavy atom. The Morgan fingerprint density at radius 2 is 1.73 bits per heavy atom. The second kappa shape index (κ2) is 7.53. The molecule has 1 amide bonds. The number of thiazole rings is 1. The van der Waals surface area contributed by atoms with Gasteiger partial charge in [-0.05, 0) is 18.4 Å². The Morgan fingerprint density at radius 1 is 0.967 bits per heavy atom. The Hall–Kier alpha value is -3.84. The van der Waals surface area contributed by atoms with Gasteiger partial charge < -0.3 is 0 Å². The zero-order chi connectivity index (χ0) is 20.5. The minimum atomic E-state index is -0.326. The van der Waals surface area contributed by atoms with Gasteiger partial charge in [-0.25, -0.2) is 9.67 Å². The molecule has 0 saturated heterocycles. The van der Waals surface area contributed by atoms with E-state index in [0.29, 0.717) is 10.8 Å². The molecular formula is C23H17N5OS. The number of nitrogens with zero attached hydrogens (tertiary/aromatic N) is 4. The van der Waals surface area contributed by atoms with Gasteiger partial charge in [-0.2, -0.15) is 0 Å². The molecule has 0 atom stereocenters. The first kappa shape index (κ1) is 18.2. The van der Waals surface area contributed by atoms with Crippen molar-refractivity contribution in [2.45, 2.75) is 6.92 Å². The van der Waals surface area contributed by atoms with Crippen molar-refractivity contribution in [3.8, 4) is 16.9 Å². The third kappa shape index (κ3) is 3.25. The zero-order valence-electron chi connectivity index (χ0n) is 16.1. The van der Waals surface area contributed by atoms with Gasteiger partial charge >= 0.3 is 0 Å². The Bertz CT molecular complexity index is 1350. The standard InChI is InChI=1S/C23H17N5OS/c1-15-21(22(29)25-23-24-19(14-30-23)17-9-3-2-4-10-17)26-27-28(15)20-13-7-11-16-8-5-6-12-18(16)20/h2-14H,1H3,(H,24,25,29). The van der Waals surface area contributed by atoms with Crippen LogP contribution < -0.4 is 5.32 Å². The molecule has 3 aromatic carbocycles. The molecule has 2 heterocycles. The third-order valence-electron chi connectivity index (χ3n) is 4.90. The van der Waals surface area contributed by atoms with Crippen LogP contribution in [-0.4, -0.2) is 25.9 Å². The van der Waals surface area contributed by atoms with Gasteiger partial charge in [-0.1, -0.05) is 71.9 Å². The number of carbonyl (C=O) groups excluding carboxylic acids is 1. The van der Waals surface area contributed by atoms with Crippen molar-refractivity contribution in [2.24, 2.45) is 0 Å². The van der Waals surface area contributed by atoms with Crippen LogP contribution in [0.3, 0.4) is 0 Å². The molecule has 5 rings (SSSR count). The van der Waals surface area contributed by atoms with Crippen molar-refractivity contribution >= 4 is 33.1 Å². The van der Waals surface area contributed by atoms with E-state index in [2.05, 4.69) is 20.6 Å². The van der Waals surface area contributed by atoms with Crippen LogP contribution in [0.25, 0.3) is 27.7 Å². The van der Waals surface area contributed by atoms with Gasteiger partial charge in [0.25, 0.3) is 5.91 Å². The summed E-state index contributed by atoms with van der Waals surface area (Å²) in [6.07, 6.45) is 0. The van der Waals surface area contributed by atoms with E-state index in [-0.39, 0.29) is 11.6 Å². The summed E-state index contributed by atoms with van der Waals surface area (Å²) in [7, 11) is 0. The molecule has 7 heteroatoms. The van der Waals surface area contributed by atoms with Crippen LogP contribution in [0.5, 0.6) is 0 Å². The molecule has 2 aromatic heterocycles. The summed E-state index contributed by atoms with van der Waals surface area (Å²) in [4.78, 5) is 17.3. The summed E-state index contributed by atoms with van der Waals surface area (Å²) in [5.74, 6) is -0.326. The number of amides is 1. The molecule has 0 bridgehead atoms. The summed E-state index contributed by atoms with van der Waals surface area (Å²) < 4.78 is 1.70. The highest BCUT2D eigenvalue weighted by Gasteiger charge is 2.19. The van der Waals surface area contributed by atoms with E-state index >= 15 is 0 Å². The van der Waals surface area contributed by atoms with Gasteiger partial charge in [-0.15, -0.1) is 16.4 Å². The average molecular weight is 411 g/mol. The van der Waals surface area contributed by atoms with Crippen molar-refractivity contribution in [1.29, 1.82) is 0 Å². The smallest absolute Gasteiger partial charge is 0.279 e. The number of carbonyl (C=O) groups is 1. The van der Waals surface area contributed by atoms with Crippen LogP contribution in [0.2, 0.25) is 0 Å². The lowest BCUT2D eigenvalue weighted by Crippen LogP contribution is -2.14. The van der Waals surface area contributed by atoms with Gasteiger partial charge in [-0.3, -0.25) is 10.1 Å². The molecule has 0 aliphatic carbocycles. The van der Waals surface area contributed by atoms with Crippen LogP contribution in [0.4, 0.5) is 5.13 Å². The molecule has 0 aliphatic heterocycles.